The predicted molar refractivity (Wildman–Crippen MR) is 80.4 cm³/mol. The van der Waals surface area contributed by atoms with Gasteiger partial charge in [-0.25, -0.2) is 8.78 Å². The molecule has 1 fully saturated rings. The predicted octanol–water partition coefficient (Wildman–Crippen LogP) is 2.80. The number of benzene rings is 1. The van der Waals surface area contributed by atoms with Crippen LogP contribution in [0.3, 0.4) is 0 Å². The number of carbonyl (C=O) groups excluding carboxylic acids is 1. The van der Waals surface area contributed by atoms with Crippen LogP contribution in [0.2, 0.25) is 0 Å². The minimum atomic E-state index is -0.301. The first-order valence-corrected chi connectivity index (χ1v) is 8.10. The zero-order valence-electron chi connectivity index (χ0n) is 12.9. The molecule has 0 radical (unpaired) electrons. The van der Waals surface area contributed by atoms with E-state index in [0.717, 1.165) is 32.4 Å². The summed E-state index contributed by atoms with van der Waals surface area (Å²) >= 11 is 0. The first-order valence-electron chi connectivity index (χ1n) is 8.10. The second-order valence-electron chi connectivity index (χ2n) is 6.18. The maximum Gasteiger partial charge on any atom is 0.223 e. The summed E-state index contributed by atoms with van der Waals surface area (Å²) < 4.78 is 27.9. The molecule has 1 heterocycles. The number of nitrogens with one attached hydrogen (secondary N) is 1. The summed E-state index contributed by atoms with van der Waals surface area (Å²) in [7, 11) is 0. The van der Waals surface area contributed by atoms with Crippen LogP contribution in [0.25, 0.3) is 0 Å². The molecule has 3 nitrogen and oxygen atoms in total. The molecule has 1 amide bonds. The zero-order chi connectivity index (χ0) is 15.7. The minimum absolute atomic E-state index is 0.0408. The third-order valence-electron chi connectivity index (χ3n) is 4.94. The van der Waals surface area contributed by atoms with Gasteiger partial charge in [0.05, 0.1) is 0 Å². The van der Waals surface area contributed by atoms with Crippen molar-refractivity contribution < 1.29 is 13.6 Å². The SMILES string of the molecule is CCNC(=O)C1CCN(C2CCc3c(F)ccc(F)c32)CC1. The van der Waals surface area contributed by atoms with Crippen LogP contribution in [0.1, 0.15) is 43.4 Å². The lowest BCUT2D eigenvalue weighted by atomic mass is 9.93. The molecule has 0 saturated carbocycles. The molecule has 1 aromatic carbocycles. The summed E-state index contributed by atoms with van der Waals surface area (Å²) in [5.74, 6) is -0.429. The van der Waals surface area contributed by atoms with Gasteiger partial charge < -0.3 is 5.32 Å². The normalized spacial score (nSPS) is 22.6. The number of hydrogen-bond donors (Lipinski definition) is 1. The molecule has 0 aromatic heterocycles. The van der Waals surface area contributed by atoms with Crippen molar-refractivity contribution in [2.24, 2.45) is 5.92 Å². The molecule has 1 unspecified atom stereocenters. The number of carbonyl (C=O) groups is 1. The Hall–Kier alpha value is -1.49. The van der Waals surface area contributed by atoms with Crippen molar-refractivity contribution in [1.82, 2.24) is 10.2 Å². The Bertz CT molecular complexity index is 568. The maximum absolute atomic E-state index is 14.1. The Labute approximate surface area is 129 Å². The quantitative estimate of drug-likeness (QED) is 0.931. The van der Waals surface area contributed by atoms with E-state index in [9.17, 15) is 13.6 Å². The number of hydrogen-bond acceptors (Lipinski definition) is 2. The minimum Gasteiger partial charge on any atom is -0.356 e. The first-order chi connectivity index (χ1) is 10.6. The largest absolute Gasteiger partial charge is 0.356 e. The van der Waals surface area contributed by atoms with Crippen LogP contribution >= 0.6 is 0 Å². The van der Waals surface area contributed by atoms with E-state index >= 15 is 0 Å². The fourth-order valence-corrected chi connectivity index (χ4v) is 3.81. The lowest BCUT2D eigenvalue weighted by Gasteiger charge is -2.36. The Kier molecular flexibility index (Phi) is 4.43. The standard InChI is InChI=1S/C17H22F2N2O/c1-2-20-17(22)11-7-9-21(10-8-11)15-6-3-12-13(18)4-5-14(19)16(12)15/h4-5,11,15H,2-3,6-10H2,1H3,(H,20,22). The lowest BCUT2D eigenvalue weighted by Crippen LogP contribution is -2.41. The maximum atomic E-state index is 14.1. The average molecular weight is 308 g/mol. The van der Waals surface area contributed by atoms with E-state index in [1.54, 1.807) is 0 Å². The van der Waals surface area contributed by atoms with Crippen molar-refractivity contribution in [2.45, 2.75) is 38.6 Å². The van der Waals surface area contributed by atoms with E-state index in [4.69, 9.17) is 0 Å². The molecule has 0 spiro atoms. The second-order valence-corrected chi connectivity index (χ2v) is 6.18. The van der Waals surface area contributed by atoms with Gasteiger partial charge in [0.1, 0.15) is 11.6 Å². The fraction of sp³-hybridized carbons (Fsp3) is 0.588. The molecular formula is C17H22F2N2O. The van der Waals surface area contributed by atoms with Crippen LogP contribution in [-0.4, -0.2) is 30.4 Å². The number of rotatable bonds is 3. The van der Waals surface area contributed by atoms with Gasteiger partial charge in [-0.15, -0.1) is 0 Å². The number of amides is 1. The molecule has 0 bridgehead atoms. The van der Waals surface area contributed by atoms with Crippen molar-refractivity contribution in [3.05, 3.63) is 34.9 Å². The van der Waals surface area contributed by atoms with E-state index in [1.165, 1.54) is 12.1 Å². The summed E-state index contributed by atoms with van der Waals surface area (Å²) in [6.45, 7) is 4.10. The highest BCUT2D eigenvalue weighted by atomic mass is 19.1. The number of fused-ring (bicyclic) bond motifs is 1. The Balaban J connectivity index is 1.70. The molecule has 1 N–H and O–H groups in total. The summed E-state index contributed by atoms with van der Waals surface area (Å²) in [5, 5.41) is 2.86. The molecule has 5 heteroatoms. The monoisotopic (exact) mass is 308 g/mol. The topological polar surface area (TPSA) is 32.3 Å². The molecule has 120 valence electrons. The third-order valence-corrected chi connectivity index (χ3v) is 4.94. The van der Waals surface area contributed by atoms with E-state index in [1.807, 2.05) is 6.92 Å². The van der Waals surface area contributed by atoms with E-state index in [2.05, 4.69) is 10.2 Å². The van der Waals surface area contributed by atoms with E-state index in [-0.39, 0.29) is 29.5 Å². The van der Waals surface area contributed by atoms with Gasteiger partial charge in [0.25, 0.3) is 0 Å². The molecule has 1 aliphatic heterocycles. The smallest absolute Gasteiger partial charge is 0.223 e. The van der Waals surface area contributed by atoms with E-state index < -0.39 is 0 Å². The molecule has 1 aliphatic carbocycles. The van der Waals surface area contributed by atoms with Crippen LogP contribution in [-0.2, 0) is 11.2 Å². The Morgan fingerprint density at radius 1 is 1.23 bits per heavy atom. The zero-order valence-corrected chi connectivity index (χ0v) is 12.9. The fourth-order valence-electron chi connectivity index (χ4n) is 3.81. The summed E-state index contributed by atoms with van der Waals surface area (Å²) in [4.78, 5) is 14.1. The van der Waals surface area contributed by atoms with Gasteiger partial charge in [0.15, 0.2) is 0 Å². The van der Waals surface area contributed by atoms with Gasteiger partial charge in [-0.1, -0.05) is 0 Å². The van der Waals surface area contributed by atoms with Crippen molar-refractivity contribution in [3.63, 3.8) is 0 Å². The average Bonchev–Trinajstić information content (AvgIpc) is 2.98. The molecule has 1 saturated heterocycles. The highest BCUT2D eigenvalue weighted by molar-refractivity contribution is 5.78. The van der Waals surface area contributed by atoms with Gasteiger partial charge in [0.2, 0.25) is 5.91 Å². The van der Waals surface area contributed by atoms with Crippen molar-refractivity contribution in [2.75, 3.05) is 19.6 Å². The second kappa shape index (κ2) is 6.32. The number of halogens is 2. The van der Waals surface area contributed by atoms with Gasteiger partial charge in [0, 0.05) is 24.1 Å². The molecule has 1 aromatic rings. The van der Waals surface area contributed by atoms with Gasteiger partial charge in [-0.2, -0.15) is 0 Å². The van der Waals surface area contributed by atoms with Crippen molar-refractivity contribution in [3.8, 4) is 0 Å². The first kappa shape index (κ1) is 15.4. The van der Waals surface area contributed by atoms with Crippen molar-refractivity contribution >= 4 is 5.91 Å². The van der Waals surface area contributed by atoms with Crippen LogP contribution < -0.4 is 5.32 Å². The Morgan fingerprint density at radius 2 is 1.91 bits per heavy atom. The van der Waals surface area contributed by atoms with Gasteiger partial charge >= 0.3 is 0 Å². The summed E-state index contributed by atoms with van der Waals surface area (Å²) in [5.41, 5.74) is 1.08. The van der Waals surface area contributed by atoms with Crippen LogP contribution in [0, 0.1) is 17.6 Å². The molecule has 2 aliphatic rings. The van der Waals surface area contributed by atoms with Gasteiger partial charge in [-0.05, 0) is 63.4 Å². The van der Waals surface area contributed by atoms with Crippen LogP contribution in [0.5, 0.6) is 0 Å². The third kappa shape index (κ3) is 2.74. The van der Waals surface area contributed by atoms with E-state index in [0.29, 0.717) is 24.1 Å². The van der Waals surface area contributed by atoms with Crippen LogP contribution in [0.15, 0.2) is 12.1 Å². The summed E-state index contributed by atoms with van der Waals surface area (Å²) in [6, 6.07) is 2.41. The number of likely N-dealkylation sites (tertiary alicyclic amines) is 1. The molecule has 1 atom stereocenters. The van der Waals surface area contributed by atoms with Gasteiger partial charge in [-0.3, -0.25) is 9.69 Å². The highest BCUT2D eigenvalue weighted by Gasteiger charge is 2.35. The number of piperidine rings is 1. The van der Waals surface area contributed by atoms with Crippen molar-refractivity contribution in [1.29, 1.82) is 0 Å². The lowest BCUT2D eigenvalue weighted by molar-refractivity contribution is -0.126. The number of nitrogens with zero attached hydrogens (tertiary/aromatic N) is 1. The van der Waals surface area contributed by atoms with Crippen LogP contribution in [0.4, 0.5) is 8.78 Å². The molecule has 3 rings (SSSR count). The highest BCUT2D eigenvalue weighted by Crippen LogP contribution is 2.40. The molecule has 22 heavy (non-hydrogen) atoms. The molecular weight excluding hydrogens is 286 g/mol. The summed E-state index contributed by atoms with van der Waals surface area (Å²) in [6.07, 6.45) is 2.93. The Morgan fingerprint density at radius 3 is 2.59 bits per heavy atom.